The first kappa shape index (κ1) is 11.9. The van der Waals surface area contributed by atoms with E-state index in [-0.39, 0.29) is 12.4 Å². The number of amides is 1. The van der Waals surface area contributed by atoms with Gasteiger partial charge in [-0.2, -0.15) is 12.8 Å². The average Bonchev–Trinajstić information content (AvgIpc) is 2.60. The fourth-order valence-electron chi connectivity index (χ4n) is 1.63. The van der Waals surface area contributed by atoms with Crippen LogP contribution in [0.5, 0.6) is 0 Å². The van der Waals surface area contributed by atoms with Gasteiger partial charge in [0.15, 0.2) is 0 Å². The first-order chi connectivity index (χ1) is 7.88. The van der Waals surface area contributed by atoms with Gasteiger partial charge >= 0.3 is 10.2 Å². The molecule has 0 aromatic carbocycles. The van der Waals surface area contributed by atoms with Gasteiger partial charge < -0.3 is 0 Å². The maximum absolute atomic E-state index is 12.8. The van der Waals surface area contributed by atoms with Crippen LogP contribution >= 0.6 is 0 Å². The van der Waals surface area contributed by atoms with Gasteiger partial charge in [0.05, 0.1) is 0 Å². The maximum Gasteiger partial charge on any atom is 0.307 e. The van der Waals surface area contributed by atoms with Crippen molar-refractivity contribution in [1.29, 1.82) is 0 Å². The van der Waals surface area contributed by atoms with Crippen molar-refractivity contribution in [2.45, 2.75) is 11.7 Å². The van der Waals surface area contributed by atoms with Gasteiger partial charge in [-0.1, -0.05) is 6.07 Å². The minimum atomic E-state index is -4.77. The first-order valence-corrected chi connectivity index (χ1v) is 6.19. The molecule has 1 atom stereocenters. The van der Waals surface area contributed by atoms with Gasteiger partial charge in [-0.05, 0) is 12.1 Å². The fourth-order valence-corrected chi connectivity index (χ4v) is 2.30. The Kier molecular flexibility index (Phi) is 2.82. The van der Waals surface area contributed by atoms with Crippen molar-refractivity contribution in [2.24, 2.45) is 0 Å². The van der Waals surface area contributed by atoms with E-state index in [0.717, 1.165) is 11.0 Å². The third-order valence-corrected chi connectivity index (χ3v) is 3.58. The van der Waals surface area contributed by atoms with E-state index in [1.807, 2.05) is 0 Å². The first-order valence-electron chi connectivity index (χ1n) is 4.74. The van der Waals surface area contributed by atoms with Gasteiger partial charge in [-0.25, -0.2) is 4.98 Å². The van der Waals surface area contributed by atoms with Crippen molar-refractivity contribution in [1.82, 2.24) is 4.98 Å². The molecule has 1 aliphatic rings. The molecule has 17 heavy (non-hydrogen) atoms. The number of nitrogens with zero attached hydrogens (tertiary/aromatic N) is 2. The molecule has 1 unspecified atom stereocenters. The minimum Gasteiger partial charge on any atom is -0.295 e. The zero-order chi connectivity index (χ0) is 12.6. The molecule has 0 aliphatic carbocycles. The Morgan fingerprint density at radius 3 is 2.65 bits per heavy atom. The molecule has 1 amide bonds. The largest absolute Gasteiger partial charge is 0.307 e. The molecule has 1 aliphatic heterocycles. The minimum absolute atomic E-state index is 0.0128. The number of hydrogen-bond donors (Lipinski definition) is 0. The Hall–Kier alpha value is -1.57. The third kappa shape index (κ3) is 2.41. The lowest BCUT2D eigenvalue weighted by Crippen LogP contribution is -2.27. The number of carbonyl (C=O) groups excluding carboxylic acids is 1. The predicted octanol–water partition coefficient (Wildman–Crippen LogP) is 0.625. The Labute approximate surface area is 96.3 Å². The number of anilines is 1. The summed E-state index contributed by atoms with van der Waals surface area (Å²) in [5.74, 6) is -1.39. The second kappa shape index (κ2) is 4.02. The summed E-state index contributed by atoms with van der Waals surface area (Å²) >= 11 is 0. The number of carbonyl (C=O) groups is 1. The molecular weight excluding hydrogens is 254 g/mol. The number of pyridine rings is 1. The van der Waals surface area contributed by atoms with Crippen molar-refractivity contribution in [3.63, 3.8) is 0 Å². The Balaban J connectivity index is 2.28. The summed E-state index contributed by atoms with van der Waals surface area (Å²) in [4.78, 5) is 15.9. The molecule has 0 bridgehead atoms. The molecule has 2 rings (SSSR count). The molecule has 1 saturated heterocycles. The highest BCUT2D eigenvalue weighted by molar-refractivity contribution is 7.87. The molecule has 0 N–H and O–H groups in total. The van der Waals surface area contributed by atoms with Crippen molar-refractivity contribution >= 4 is 21.9 Å². The van der Waals surface area contributed by atoms with E-state index in [1.54, 1.807) is 0 Å². The van der Waals surface area contributed by atoms with E-state index in [2.05, 4.69) is 4.98 Å². The molecule has 1 aromatic heterocycles. The normalized spacial score (nSPS) is 20.9. The second-order valence-electron chi connectivity index (χ2n) is 3.62. The monoisotopic (exact) mass is 262 g/mol. The van der Waals surface area contributed by atoms with Crippen molar-refractivity contribution in [3.8, 4) is 0 Å². The molecule has 8 heteroatoms. The van der Waals surface area contributed by atoms with Crippen molar-refractivity contribution < 1.29 is 21.5 Å². The summed E-state index contributed by atoms with van der Waals surface area (Å²) in [7, 11) is -4.77. The molecule has 0 saturated carbocycles. The van der Waals surface area contributed by atoms with E-state index >= 15 is 0 Å². The molecule has 1 fully saturated rings. The molecule has 5 nitrogen and oxygen atoms in total. The Morgan fingerprint density at radius 2 is 2.12 bits per heavy atom. The van der Waals surface area contributed by atoms with E-state index in [0.29, 0.717) is 0 Å². The lowest BCUT2D eigenvalue weighted by atomic mass is 10.4. The van der Waals surface area contributed by atoms with Crippen LogP contribution in [0.25, 0.3) is 0 Å². The van der Waals surface area contributed by atoms with Crippen LogP contribution in [0.4, 0.5) is 14.1 Å². The highest BCUT2D eigenvalue weighted by Gasteiger charge is 2.39. The Bertz CT molecular complexity index is 561. The maximum atomic E-state index is 12.8. The van der Waals surface area contributed by atoms with Gasteiger partial charge in [0.1, 0.15) is 11.1 Å². The van der Waals surface area contributed by atoms with Gasteiger partial charge in [0, 0.05) is 13.0 Å². The summed E-state index contributed by atoms with van der Waals surface area (Å²) in [5, 5.41) is -1.40. The standard InChI is InChI=1S/C9H8F2N2O3S/c10-7-2-1-3-8(12-7)13-5-6(4-9(13)14)17(11,15)16/h1-3,6H,4-5H2. The average molecular weight is 262 g/mol. The van der Waals surface area contributed by atoms with Crippen LogP contribution in [0.3, 0.4) is 0 Å². The molecule has 92 valence electrons. The number of halogens is 2. The summed E-state index contributed by atoms with van der Waals surface area (Å²) in [6, 6.07) is 3.78. The van der Waals surface area contributed by atoms with Crippen LogP contribution in [0.15, 0.2) is 18.2 Å². The second-order valence-corrected chi connectivity index (χ2v) is 5.24. The van der Waals surface area contributed by atoms with E-state index in [4.69, 9.17) is 0 Å². The molecule has 1 aromatic rings. The molecular formula is C9H8F2N2O3S. The summed E-state index contributed by atoms with van der Waals surface area (Å²) in [5.41, 5.74) is 0. The number of rotatable bonds is 2. The topological polar surface area (TPSA) is 67.3 Å². The Morgan fingerprint density at radius 1 is 1.41 bits per heavy atom. The van der Waals surface area contributed by atoms with E-state index < -0.39 is 33.7 Å². The van der Waals surface area contributed by atoms with Gasteiger partial charge in [-0.15, -0.1) is 3.89 Å². The molecule has 0 radical (unpaired) electrons. The molecule has 0 spiro atoms. The van der Waals surface area contributed by atoms with Crippen LogP contribution in [0.1, 0.15) is 6.42 Å². The van der Waals surface area contributed by atoms with Crippen molar-refractivity contribution in [2.75, 3.05) is 11.4 Å². The van der Waals surface area contributed by atoms with Gasteiger partial charge in [0.2, 0.25) is 11.9 Å². The predicted molar refractivity (Wildman–Crippen MR) is 55.0 cm³/mol. The smallest absolute Gasteiger partial charge is 0.295 e. The fraction of sp³-hybridized carbons (Fsp3) is 0.333. The number of hydrogen-bond acceptors (Lipinski definition) is 4. The lowest BCUT2D eigenvalue weighted by molar-refractivity contribution is -0.117. The zero-order valence-corrected chi connectivity index (χ0v) is 9.32. The lowest BCUT2D eigenvalue weighted by Gasteiger charge is -2.14. The molecule has 2 heterocycles. The highest BCUT2D eigenvalue weighted by atomic mass is 32.3. The van der Waals surface area contributed by atoms with Gasteiger partial charge in [0.25, 0.3) is 0 Å². The SMILES string of the molecule is O=C1CC(S(=O)(=O)F)CN1c1cccc(F)n1. The van der Waals surface area contributed by atoms with Crippen LogP contribution in [-0.2, 0) is 15.0 Å². The summed E-state index contributed by atoms with van der Waals surface area (Å²) < 4.78 is 46.9. The van der Waals surface area contributed by atoms with Crippen LogP contribution in [0, 0.1) is 5.95 Å². The van der Waals surface area contributed by atoms with Crippen LogP contribution in [0.2, 0.25) is 0 Å². The number of aromatic nitrogens is 1. The summed E-state index contributed by atoms with van der Waals surface area (Å²) in [6.07, 6.45) is -0.447. The third-order valence-electron chi connectivity index (χ3n) is 2.46. The van der Waals surface area contributed by atoms with E-state index in [9.17, 15) is 21.5 Å². The quantitative estimate of drug-likeness (QED) is 0.579. The zero-order valence-electron chi connectivity index (χ0n) is 8.51. The van der Waals surface area contributed by atoms with Gasteiger partial charge in [-0.3, -0.25) is 9.69 Å². The van der Waals surface area contributed by atoms with Crippen LogP contribution < -0.4 is 4.90 Å². The summed E-state index contributed by atoms with van der Waals surface area (Å²) in [6.45, 7) is -0.339. The highest BCUT2D eigenvalue weighted by Crippen LogP contribution is 2.24. The van der Waals surface area contributed by atoms with Crippen molar-refractivity contribution in [3.05, 3.63) is 24.1 Å². The van der Waals surface area contributed by atoms with E-state index in [1.165, 1.54) is 12.1 Å². The van der Waals surface area contributed by atoms with Crippen LogP contribution in [-0.4, -0.2) is 31.1 Å².